The van der Waals surface area contributed by atoms with Crippen molar-refractivity contribution in [2.75, 3.05) is 11.5 Å². The molecule has 3 rings (SSSR count). The van der Waals surface area contributed by atoms with Gasteiger partial charge >= 0.3 is 0 Å². The molecule has 0 N–H and O–H groups in total. The summed E-state index contributed by atoms with van der Waals surface area (Å²) in [6.07, 6.45) is 18.0. The highest BCUT2D eigenvalue weighted by Crippen LogP contribution is 2.29. The van der Waals surface area contributed by atoms with Crippen LogP contribution in [0.15, 0.2) is 54.2 Å². The van der Waals surface area contributed by atoms with E-state index in [1.165, 1.54) is 75.5 Å². The van der Waals surface area contributed by atoms with Crippen LogP contribution in [0, 0.1) is 6.92 Å². The molecule has 3 aromatic rings. The number of benzene rings is 2. The Labute approximate surface area is 267 Å². The highest BCUT2D eigenvalue weighted by atomic mass is 79.9. The molecule has 0 saturated heterocycles. The first-order valence-corrected chi connectivity index (χ1v) is 16.4. The summed E-state index contributed by atoms with van der Waals surface area (Å²) in [4.78, 5) is 15.9. The van der Waals surface area contributed by atoms with Crippen LogP contribution in [0.3, 0.4) is 0 Å². The molecule has 1 aromatic heterocycles. The van der Waals surface area contributed by atoms with Crippen molar-refractivity contribution in [2.24, 2.45) is 0 Å². The molecule has 0 atom stereocenters. The van der Waals surface area contributed by atoms with Crippen LogP contribution in [-0.2, 0) is 17.9 Å². The van der Waals surface area contributed by atoms with E-state index in [0.717, 1.165) is 29.8 Å². The standard InChI is InChI=1S/C34H48ClN2O2S.BrH/c1-4-5-6-7-8-9-10-11-12-13-14-17-22-39-34-23-30(20-21-32(34)35)25-37(29(3)38)33-19-16-15-18-31(33)26-36-24-28(2)40-27-36;/h15-16,18-21,23-24,27H,4-14,17,22,25-26H2,1-3H3;1H/q+1;/p-1. The second-order valence-electron chi connectivity index (χ2n) is 10.9. The molecule has 0 aliphatic heterocycles. The number of carbonyl (C=O) groups is 1. The molecule has 0 radical (unpaired) electrons. The molecule has 1 amide bonds. The van der Waals surface area contributed by atoms with E-state index in [1.807, 2.05) is 41.3 Å². The lowest BCUT2D eigenvalue weighted by atomic mass is 10.1. The smallest absolute Gasteiger partial charge is 0.225 e. The van der Waals surface area contributed by atoms with Crippen molar-refractivity contribution in [3.05, 3.63) is 75.2 Å². The summed E-state index contributed by atoms with van der Waals surface area (Å²) < 4.78 is 8.25. The summed E-state index contributed by atoms with van der Waals surface area (Å²) in [6, 6.07) is 14.0. The molecule has 1 heterocycles. The minimum atomic E-state index is 0. The van der Waals surface area contributed by atoms with Gasteiger partial charge in [-0.2, -0.15) is 4.57 Å². The molecule has 2 aromatic carbocycles. The molecule has 0 fully saturated rings. The third-order valence-electron chi connectivity index (χ3n) is 7.33. The summed E-state index contributed by atoms with van der Waals surface area (Å²) in [5, 5.41) is 0.613. The van der Waals surface area contributed by atoms with Crippen molar-refractivity contribution in [1.29, 1.82) is 0 Å². The number of ether oxygens (including phenoxy) is 1. The number of anilines is 1. The van der Waals surface area contributed by atoms with Gasteiger partial charge in [-0.1, -0.05) is 125 Å². The zero-order valence-electron chi connectivity index (χ0n) is 25.2. The van der Waals surface area contributed by atoms with Gasteiger partial charge in [0.2, 0.25) is 11.4 Å². The first kappa shape index (κ1) is 35.3. The van der Waals surface area contributed by atoms with Gasteiger partial charge in [-0.05, 0) is 37.1 Å². The van der Waals surface area contributed by atoms with E-state index in [1.54, 1.807) is 18.3 Å². The maximum Gasteiger partial charge on any atom is 0.225 e. The number of unbranched alkanes of at least 4 members (excludes halogenated alkanes) is 11. The summed E-state index contributed by atoms with van der Waals surface area (Å²) >= 11 is 8.20. The second kappa shape index (κ2) is 20.1. The Kier molecular flexibility index (Phi) is 17.3. The SMILES string of the molecule is CCCCCCCCCCCCCCOc1cc(CN(C(C)=O)c2ccccc2C[n+]2csc(C)c2)ccc1Cl.[Br-]. The van der Waals surface area contributed by atoms with Gasteiger partial charge in [0.1, 0.15) is 5.75 Å². The molecular formula is C34H48BrClN2O2S. The van der Waals surface area contributed by atoms with Gasteiger partial charge in [0.15, 0.2) is 12.7 Å². The Bertz CT molecular complexity index is 1170. The zero-order valence-corrected chi connectivity index (χ0v) is 28.3. The van der Waals surface area contributed by atoms with Gasteiger partial charge in [-0.25, -0.2) is 0 Å². The minimum Gasteiger partial charge on any atom is -1.00 e. The topological polar surface area (TPSA) is 33.4 Å². The van der Waals surface area contributed by atoms with Gasteiger partial charge in [0, 0.05) is 12.5 Å². The molecule has 0 aliphatic rings. The Morgan fingerprint density at radius 2 is 1.56 bits per heavy atom. The molecular weight excluding hydrogens is 616 g/mol. The summed E-state index contributed by atoms with van der Waals surface area (Å²) in [5.41, 5.74) is 5.15. The normalized spacial score (nSPS) is 10.8. The van der Waals surface area contributed by atoms with E-state index in [2.05, 4.69) is 36.2 Å². The molecule has 0 spiro atoms. The predicted molar refractivity (Wildman–Crippen MR) is 170 cm³/mol. The lowest BCUT2D eigenvalue weighted by Crippen LogP contribution is -3.00. The van der Waals surface area contributed by atoms with Crippen LogP contribution in [0.2, 0.25) is 5.02 Å². The maximum atomic E-state index is 12.8. The van der Waals surface area contributed by atoms with E-state index in [-0.39, 0.29) is 22.9 Å². The third kappa shape index (κ3) is 12.9. The summed E-state index contributed by atoms with van der Waals surface area (Å²) in [5.74, 6) is 0.705. The third-order valence-corrected chi connectivity index (χ3v) is 8.49. The lowest BCUT2D eigenvalue weighted by Gasteiger charge is -2.24. The Morgan fingerprint density at radius 3 is 2.17 bits per heavy atom. The van der Waals surface area contributed by atoms with Crippen molar-refractivity contribution >= 4 is 34.5 Å². The van der Waals surface area contributed by atoms with Crippen LogP contribution in [0.5, 0.6) is 5.75 Å². The summed E-state index contributed by atoms with van der Waals surface area (Å²) in [6.45, 7) is 7.85. The number of amides is 1. The second-order valence-corrected chi connectivity index (χ2v) is 12.4. The van der Waals surface area contributed by atoms with Crippen molar-refractivity contribution in [3.8, 4) is 5.75 Å². The number of aromatic nitrogens is 1. The number of hydrogen-bond donors (Lipinski definition) is 0. The lowest BCUT2D eigenvalue weighted by molar-refractivity contribution is -0.683. The molecule has 0 bridgehead atoms. The number of carbonyl (C=O) groups excluding carboxylic acids is 1. The molecule has 0 unspecified atom stereocenters. The quantitative estimate of drug-likeness (QED) is 0.106. The number of para-hydroxylation sites is 1. The average Bonchev–Trinajstić information content (AvgIpc) is 3.36. The number of aryl methyl sites for hydroxylation is 1. The van der Waals surface area contributed by atoms with Crippen molar-refractivity contribution in [1.82, 2.24) is 0 Å². The molecule has 4 nitrogen and oxygen atoms in total. The molecule has 0 saturated carbocycles. The number of halogens is 2. The molecule has 226 valence electrons. The highest BCUT2D eigenvalue weighted by molar-refractivity contribution is 7.09. The van der Waals surface area contributed by atoms with E-state index in [0.29, 0.717) is 23.9 Å². The first-order chi connectivity index (χ1) is 19.5. The van der Waals surface area contributed by atoms with Crippen LogP contribution in [0.1, 0.15) is 107 Å². The van der Waals surface area contributed by atoms with Crippen LogP contribution in [-0.4, -0.2) is 12.5 Å². The maximum absolute atomic E-state index is 12.8. The monoisotopic (exact) mass is 662 g/mol. The van der Waals surface area contributed by atoms with Crippen LogP contribution in [0.4, 0.5) is 5.69 Å². The Morgan fingerprint density at radius 1 is 0.927 bits per heavy atom. The first-order valence-electron chi connectivity index (χ1n) is 15.2. The van der Waals surface area contributed by atoms with Gasteiger partial charge in [0.25, 0.3) is 0 Å². The van der Waals surface area contributed by atoms with Crippen molar-refractivity contribution < 1.29 is 31.1 Å². The predicted octanol–water partition coefficient (Wildman–Crippen LogP) is 6.68. The van der Waals surface area contributed by atoms with Gasteiger partial charge < -0.3 is 26.6 Å². The van der Waals surface area contributed by atoms with E-state index in [9.17, 15) is 4.79 Å². The highest BCUT2D eigenvalue weighted by Gasteiger charge is 2.19. The zero-order chi connectivity index (χ0) is 28.6. The van der Waals surface area contributed by atoms with Crippen molar-refractivity contribution in [3.63, 3.8) is 0 Å². The molecule has 0 aliphatic carbocycles. The number of hydrogen-bond acceptors (Lipinski definition) is 3. The fraction of sp³-hybridized carbons (Fsp3) is 0.529. The summed E-state index contributed by atoms with van der Waals surface area (Å²) in [7, 11) is 0. The minimum absolute atomic E-state index is 0. The Hall–Kier alpha value is -1.89. The van der Waals surface area contributed by atoms with Crippen molar-refractivity contribution in [2.45, 2.75) is 111 Å². The van der Waals surface area contributed by atoms with E-state index < -0.39 is 0 Å². The van der Waals surface area contributed by atoms with E-state index >= 15 is 0 Å². The van der Waals surface area contributed by atoms with Crippen LogP contribution < -0.4 is 31.2 Å². The fourth-order valence-electron chi connectivity index (χ4n) is 5.06. The largest absolute Gasteiger partial charge is 1.00 e. The molecule has 7 heteroatoms. The average molecular weight is 664 g/mol. The van der Waals surface area contributed by atoms with Crippen LogP contribution >= 0.6 is 22.9 Å². The van der Waals surface area contributed by atoms with E-state index in [4.69, 9.17) is 16.3 Å². The number of nitrogens with zero attached hydrogens (tertiary/aromatic N) is 2. The number of rotatable bonds is 19. The number of thiazole rings is 1. The van der Waals surface area contributed by atoms with Gasteiger partial charge in [0.05, 0.1) is 28.7 Å². The van der Waals surface area contributed by atoms with Crippen LogP contribution in [0.25, 0.3) is 0 Å². The molecule has 41 heavy (non-hydrogen) atoms. The fourth-order valence-corrected chi connectivity index (χ4v) is 5.87. The van der Waals surface area contributed by atoms with Gasteiger partial charge in [-0.15, -0.1) is 0 Å². The van der Waals surface area contributed by atoms with Gasteiger partial charge in [-0.3, -0.25) is 4.79 Å². The Balaban J connectivity index is 0.00000588.